The SMILES string of the molecule is CCCC(C)NC(C)c1ccccc1[N+](=O)[O-]. The van der Waals surface area contributed by atoms with Gasteiger partial charge in [0.15, 0.2) is 0 Å². The van der Waals surface area contributed by atoms with Crippen LogP contribution in [0.2, 0.25) is 0 Å². The van der Waals surface area contributed by atoms with Gasteiger partial charge < -0.3 is 5.32 Å². The Hall–Kier alpha value is -1.42. The zero-order valence-corrected chi connectivity index (χ0v) is 10.6. The van der Waals surface area contributed by atoms with Gasteiger partial charge in [-0.15, -0.1) is 0 Å². The zero-order chi connectivity index (χ0) is 12.8. The molecule has 1 rings (SSSR count). The van der Waals surface area contributed by atoms with Crippen LogP contribution in [0.15, 0.2) is 24.3 Å². The van der Waals surface area contributed by atoms with Crippen LogP contribution in [0.3, 0.4) is 0 Å². The highest BCUT2D eigenvalue weighted by Crippen LogP contribution is 2.24. The molecule has 0 bridgehead atoms. The molecule has 17 heavy (non-hydrogen) atoms. The first-order valence-corrected chi connectivity index (χ1v) is 6.05. The second-order valence-electron chi connectivity index (χ2n) is 4.39. The van der Waals surface area contributed by atoms with Gasteiger partial charge in [-0.2, -0.15) is 0 Å². The van der Waals surface area contributed by atoms with Crippen LogP contribution in [0.5, 0.6) is 0 Å². The average molecular weight is 236 g/mol. The second-order valence-corrected chi connectivity index (χ2v) is 4.39. The molecule has 0 aromatic heterocycles. The molecule has 0 radical (unpaired) electrons. The fourth-order valence-electron chi connectivity index (χ4n) is 2.05. The maximum absolute atomic E-state index is 10.9. The highest BCUT2D eigenvalue weighted by Gasteiger charge is 2.18. The van der Waals surface area contributed by atoms with Gasteiger partial charge in [-0.05, 0) is 20.3 Å². The first-order valence-electron chi connectivity index (χ1n) is 6.05. The standard InChI is InChI=1S/C13H20N2O2/c1-4-7-10(2)14-11(3)12-8-5-6-9-13(12)15(16)17/h5-6,8-11,14H,4,7H2,1-3H3. The third-order valence-corrected chi connectivity index (χ3v) is 2.86. The van der Waals surface area contributed by atoms with Crippen LogP contribution in [0.1, 0.15) is 45.2 Å². The summed E-state index contributed by atoms with van der Waals surface area (Å²) in [6, 6.07) is 7.27. The number of nitro benzene ring substituents is 1. The summed E-state index contributed by atoms with van der Waals surface area (Å²) in [6.45, 7) is 6.21. The summed E-state index contributed by atoms with van der Waals surface area (Å²) in [7, 11) is 0. The molecule has 0 amide bonds. The summed E-state index contributed by atoms with van der Waals surface area (Å²) in [5, 5.41) is 14.3. The molecule has 0 heterocycles. The molecule has 0 saturated carbocycles. The molecule has 0 aliphatic rings. The van der Waals surface area contributed by atoms with E-state index in [0.29, 0.717) is 6.04 Å². The lowest BCUT2D eigenvalue weighted by atomic mass is 10.0. The zero-order valence-electron chi connectivity index (χ0n) is 10.6. The predicted octanol–water partition coefficient (Wildman–Crippen LogP) is 3.43. The molecule has 0 fully saturated rings. The van der Waals surface area contributed by atoms with Crippen LogP contribution in [0, 0.1) is 10.1 Å². The van der Waals surface area contributed by atoms with Crippen molar-refractivity contribution in [3.63, 3.8) is 0 Å². The summed E-state index contributed by atoms with van der Waals surface area (Å²) < 4.78 is 0. The summed E-state index contributed by atoms with van der Waals surface area (Å²) in [6.07, 6.45) is 2.18. The summed E-state index contributed by atoms with van der Waals surface area (Å²) in [5.41, 5.74) is 0.941. The van der Waals surface area contributed by atoms with E-state index in [9.17, 15) is 10.1 Å². The molecule has 0 saturated heterocycles. The van der Waals surface area contributed by atoms with Crippen LogP contribution in [-0.2, 0) is 0 Å². The van der Waals surface area contributed by atoms with E-state index in [1.807, 2.05) is 19.1 Å². The van der Waals surface area contributed by atoms with Crippen LogP contribution in [-0.4, -0.2) is 11.0 Å². The molecule has 4 heteroatoms. The second kappa shape index (κ2) is 6.35. The Morgan fingerprint density at radius 2 is 2.00 bits per heavy atom. The first-order chi connectivity index (χ1) is 8.06. The Bertz CT molecular complexity index is 379. The fraction of sp³-hybridized carbons (Fsp3) is 0.538. The van der Waals surface area contributed by atoms with Crippen molar-refractivity contribution in [2.24, 2.45) is 0 Å². The van der Waals surface area contributed by atoms with Crippen LogP contribution < -0.4 is 5.32 Å². The Labute approximate surface area is 102 Å². The molecule has 94 valence electrons. The molecular formula is C13H20N2O2. The quantitative estimate of drug-likeness (QED) is 0.608. The Kier molecular flexibility index (Phi) is 5.10. The number of benzene rings is 1. The number of nitrogens with one attached hydrogen (secondary N) is 1. The van der Waals surface area contributed by atoms with Gasteiger partial charge >= 0.3 is 0 Å². The van der Waals surface area contributed by atoms with Crippen molar-refractivity contribution in [3.8, 4) is 0 Å². The van der Waals surface area contributed by atoms with E-state index < -0.39 is 0 Å². The van der Waals surface area contributed by atoms with Crippen LogP contribution in [0.25, 0.3) is 0 Å². The van der Waals surface area contributed by atoms with Crippen molar-refractivity contribution < 1.29 is 4.92 Å². The van der Waals surface area contributed by atoms with Crippen molar-refractivity contribution in [2.75, 3.05) is 0 Å². The lowest BCUT2D eigenvalue weighted by Gasteiger charge is -2.19. The first kappa shape index (κ1) is 13.6. The van der Waals surface area contributed by atoms with E-state index in [1.165, 1.54) is 0 Å². The normalized spacial score (nSPS) is 14.3. The monoisotopic (exact) mass is 236 g/mol. The minimum Gasteiger partial charge on any atom is -0.307 e. The van der Waals surface area contributed by atoms with Crippen molar-refractivity contribution in [3.05, 3.63) is 39.9 Å². The fourth-order valence-corrected chi connectivity index (χ4v) is 2.05. The van der Waals surface area contributed by atoms with Gasteiger partial charge in [-0.25, -0.2) is 0 Å². The number of rotatable bonds is 6. The third kappa shape index (κ3) is 3.82. The Morgan fingerprint density at radius 3 is 2.59 bits per heavy atom. The topological polar surface area (TPSA) is 55.2 Å². The van der Waals surface area contributed by atoms with E-state index in [2.05, 4.69) is 19.2 Å². The smallest absolute Gasteiger partial charge is 0.274 e. The largest absolute Gasteiger partial charge is 0.307 e. The van der Waals surface area contributed by atoms with Crippen molar-refractivity contribution >= 4 is 5.69 Å². The molecule has 4 nitrogen and oxygen atoms in total. The summed E-state index contributed by atoms with van der Waals surface area (Å²) in [5.74, 6) is 0. The average Bonchev–Trinajstić information content (AvgIpc) is 2.29. The maximum Gasteiger partial charge on any atom is 0.274 e. The van der Waals surface area contributed by atoms with Gasteiger partial charge in [0.2, 0.25) is 0 Å². The van der Waals surface area contributed by atoms with Gasteiger partial charge in [-0.1, -0.05) is 31.5 Å². The molecule has 0 aliphatic heterocycles. The Morgan fingerprint density at radius 1 is 1.35 bits per heavy atom. The van der Waals surface area contributed by atoms with E-state index in [-0.39, 0.29) is 16.7 Å². The minimum atomic E-state index is -0.321. The number of nitro groups is 1. The van der Waals surface area contributed by atoms with Gasteiger partial charge in [0, 0.05) is 23.7 Å². The van der Waals surface area contributed by atoms with Gasteiger partial charge in [-0.3, -0.25) is 10.1 Å². The van der Waals surface area contributed by atoms with Crippen molar-refractivity contribution in [1.29, 1.82) is 0 Å². The van der Waals surface area contributed by atoms with E-state index in [1.54, 1.807) is 12.1 Å². The Balaban J connectivity index is 2.81. The molecule has 2 unspecified atom stereocenters. The molecule has 0 aliphatic carbocycles. The predicted molar refractivity (Wildman–Crippen MR) is 69.0 cm³/mol. The summed E-state index contributed by atoms with van der Waals surface area (Å²) in [4.78, 5) is 10.6. The van der Waals surface area contributed by atoms with E-state index in [4.69, 9.17) is 0 Å². The number of para-hydroxylation sites is 1. The molecule has 1 aromatic carbocycles. The number of nitrogens with zero attached hydrogens (tertiary/aromatic N) is 1. The number of hydrogen-bond acceptors (Lipinski definition) is 3. The molecule has 1 N–H and O–H groups in total. The minimum absolute atomic E-state index is 0.00171. The van der Waals surface area contributed by atoms with Crippen molar-refractivity contribution in [2.45, 2.75) is 45.7 Å². The van der Waals surface area contributed by atoms with Crippen LogP contribution >= 0.6 is 0 Å². The maximum atomic E-state index is 10.9. The van der Waals surface area contributed by atoms with Gasteiger partial charge in [0.1, 0.15) is 0 Å². The van der Waals surface area contributed by atoms with E-state index in [0.717, 1.165) is 18.4 Å². The molecule has 1 aromatic rings. The highest BCUT2D eigenvalue weighted by atomic mass is 16.6. The number of hydrogen-bond donors (Lipinski definition) is 1. The highest BCUT2D eigenvalue weighted by molar-refractivity contribution is 5.41. The van der Waals surface area contributed by atoms with Crippen LogP contribution in [0.4, 0.5) is 5.69 Å². The van der Waals surface area contributed by atoms with E-state index >= 15 is 0 Å². The molecule has 2 atom stereocenters. The summed E-state index contributed by atoms with van der Waals surface area (Å²) >= 11 is 0. The molecular weight excluding hydrogens is 216 g/mol. The lowest BCUT2D eigenvalue weighted by Crippen LogP contribution is -2.29. The lowest BCUT2D eigenvalue weighted by molar-refractivity contribution is -0.385. The van der Waals surface area contributed by atoms with Crippen molar-refractivity contribution in [1.82, 2.24) is 5.32 Å². The third-order valence-electron chi connectivity index (χ3n) is 2.86. The van der Waals surface area contributed by atoms with Gasteiger partial charge in [0.05, 0.1) is 4.92 Å². The van der Waals surface area contributed by atoms with Gasteiger partial charge in [0.25, 0.3) is 5.69 Å². The molecule has 0 spiro atoms.